The fourth-order valence-corrected chi connectivity index (χ4v) is 3.85. The molecule has 0 amide bonds. The van der Waals surface area contributed by atoms with Gasteiger partial charge in [0.1, 0.15) is 5.54 Å². The number of hydrogen-bond donors (Lipinski definition) is 1. The lowest BCUT2D eigenvalue weighted by molar-refractivity contribution is -0.155. The van der Waals surface area contributed by atoms with E-state index in [0.717, 1.165) is 32.2 Å². The van der Waals surface area contributed by atoms with Crippen molar-refractivity contribution in [1.82, 2.24) is 4.90 Å². The molecule has 1 aliphatic heterocycles. The summed E-state index contributed by atoms with van der Waals surface area (Å²) in [6.07, 6.45) is 3.83. The SMILES string of the molecule is CCC(c1cccs1)N1CCCCC1(C)C(=O)O. The Bertz CT molecular complexity index is 404. The molecule has 2 rings (SSSR count). The van der Waals surface area contributed by atoms with Crippen LogP contribution in [0.25, 0.3) is 0 Å². The van der Waals surface area contributed by atoms with Crippen molar-refractivity contribution in [3.05, 3.63) is 22.4 Å². The third kappa shape index (κ3) is 2.31. The first-order valence-corrected chi connectivity index (χ1v) is 7.51. The molecule has 0 aliphatic carbocycles. The summed E-state index contributed by atoms with van der Waals surface area (Å²) < 4.78 is 0. The number of carboxylic acids is 1. The second kappa shape index (κ2) is 5.41. The van der Waals surface area contributed by atoms with Gasteiger partial charge in [-0.25, -0.2) is 0 Å². The van der Waals surface area contributed by atoms with Crippen LogP contribution in [0.3, 0.4) is 0 Å². The van der Waals surface area contributed by atoms with Crippen LogP contribution in [0.4, 0.5) is 0 Å². The van der Waals surface area contributed by atoms with Crippen LogP contribution in [0.15, 0.2) is 17.5 Å². The van der Waals surface area contributed by atoms with E-state index in [1.165, 1.54) is 4.88 Å². The highest BCUT2D eigenvalue weighted by Gasteiger charge is 2.44. The van der Waals surface area contributed by atoms with Gasteiger partial charge in [0.2, 0.25) is 0 Å². The number of aliphatic carboxylic acids is 1. The van der Waals surface area contributed by atoms with Crippen molar-refractivity contribution in [2.24, 2.45) is 0 Å². The molecule has 4 heteroatoms. The van der Waals surface area contributed by atoms with Crippen LogP contribution in [0.5, 0.6) is 0 Å². The van der Waals surface area contributed by atoms with Gasteiger partial charge in [0.05, 0.1) is 0 Å². The second-order valence-corrected chi connectivity index (χ2v) is 6.15. The first-order chi connectivity index (χ1) is 8.59. The average Bonchev–Trinajstić information content (AvgIpc) is 2.86. The Labute approximate surface area is 112 Å². The zero-order valence-corrected chi connectivity index (χ0v) is 11.9. The molecule has 100 valence electrons. The molecule has 1 aliphatic rings. The Morgan fingerprint density at radius 2 is 2.39 bits per heavy atom. The second-order valence-electron chi connectivity index (χ2n) is 5.17. The predicted octanol–water partition coefficient (Wildman–Crippen LogP) is 3.53. The molecular weight excluding hydrogens is 246 g/mol. The normalized spacial score (nSPS) is 27.0. The fraction of sp³-hybridized carbons (Fsp3) is 0.643. The first-order valence-electron chi connectivity index (χ1n) is 6.63. The van der Waals surface area contributed by atoms with Crippen LogP contribution in [0.2, 0.25) is 0 Å². The highest BCUT2D eigenvalue weighted by atomic mass is 32.1. The van der Waals surface area contributed by atoms with Gasteiger partial charge in [0.25, 0.3) is 0 Å². The van der Waals surface area contributed by atoms with E-state index in [2.05, 4.69) is 23.3 Å². The molecule has 1 saturated heterocycles. The molecule has 3 nitrogen and oxygen atoms in total. The summed E-state index contributed by atoms with van der Waals surface area (Å²) in [5, 5.41) is 11.6. The molecule has 0 radical (unpaired) electrons. The number of carbonyl (C=O) groups is 1. The molecule has 0 aromatic carbocycles. The molecule has 2 atom stereocenters. The third-order valence-electron chi connectivity index (χ3n) is 4.04. The summed E-state index contributed by atoms with van der Waals surface area (Å²) in [5.41, 5.74) is -0.705. The average molecular weight is 267 g/mol. The maximum Gasteiger partial charge on any atom is 0.323 e. The number of thiophene rings is 1. The monoisotopic (exact) mass is 267 g/mol. The van der Waals surface area contributed by atoms with Crippen LogP contribution in [-0.2, 0) is 4.79 Å². The van der Waals surface area contributed by atoms with Crippen LogP contribution in [-0.4, -0.2) is 28.1 Å². The number of rotatable bonds is 4. The molecule has 2 unspecified atom stereocenters. The minimum atomic E-state index is -0.705. The standard InChI is InChI=1S/C14H21NO2S/c1-3-11(12-7-6-10-18-12)15-9-5-4-8-14(15,2)13(16)17/h6-7,10-11H,3-5,8-9H2,1-2H3,(H,16,17). The zero-order chi connectivity index (χ0) is 13.2. The molecule has 2 heterocycles. The Kier molecular flexibility index (Phi) is 4.07. The van der Waals surface area contributed by atoms with Gasteiger partial charge in [0, 0.05) is 10.9 Å². The summed E-state index contributed by atoms with van der Waals surface area (Å²) in [4.78, 5) is 15.1. The number of likely N-dealkylation sites (tertiary alicyclic amines) is 1. The van der Waals surface area contributed by atoms with Crippen LogP contribution in [0.1, 0.15) is 50.4 Å². The van der Waals surface area contributed by atoms with Crippen molar-refractivity contribution in [2.45, 2.75) is 51.1 Å². The Morgan fingerprint density at radius 1 is 1.61 bits per heavy atom. The van der Waals surface area contributed by atoms with Gasteiger partial charge >= 0.3 is 5.97 Å². The van der Waals surface area contributed by atoms with Crippen molar-refractivity contribution in [3.63, 3.8) is 0 Å². The first kappa shape index (κ1) is 13.6. The molecule has 1 fully saturated rings. The van der Waals surface area contributed by atoms with Crippen LogP contribution < -0.4 is 0 Å². The Hall–Kier alpha value is -0.870. The molecule has 1 N–H and O–H groups in total. The summed E-state index contributed by atoms with van der Waals surface area (Å²) in [6.45, 7) is 4.91. The fourth-order valence-electron chi connectivity index (χ4n) is 2.93. The van der Waals surface area contributed by atoms with Crippen molar-refractivity contribution in [1.29, 1.82) is 0 Å². The van der Waals surface area contributed by atoms with Crippen molar-refractivity contribution in [3.8, 4) is 0 Å². The lowest BCUT2D eigenvalue weighted by Crippen LogP contribution is -2.56. The topological polar surface area (TPSA) is 40.5 Å². The van der Waals surface area contributed by atoms with Crippen molar-refractivity contribution < 1.29 is 9.90 Å². The molecule has 1 aromatic heterocycles. The smallest absolute Gasteiger partial charge is 0.323 e. The van der Waals surface area contributed by atoms with E-state index in [4.69, 9.17) is 0 Å². The van der Waals surface area contributed by atoms with E-state index in [-0.39, 0.29) is 6.04 Å². The summed E-state index contributed by atoms with van der Waals surface area (Å²) in [6, 6.07) is 4.41. The van der Waals surface area contributed by atoms with E-state index in [1.54, 1.807) is 11.3 Å². The minimum Gasteiger partial charge on any atom is -0.480 e. The quantitative estimate of drug-likeness (QED) is 0.907. The lowest BCUT2D eigenvalue weighted by Gasteiger charge is -2.45. The van der Waals surface area contributed by atoms with Gasteiger partial charge in [0.15, 0.2) is 0 Å². The molecule has 0 bridgehead atoms. The van der Waals surface area contributed by atoms with Gasteiger partial charge in [-0.15, -0.1) is 11.3 Å². The molecule has 0 saturated carbocycles. The van der Waals surface area contributed by atoms with Crippen molar-refractivity contribution >= 4 is 17.3 Å². The number of nitrogens with zero attached hydrogens (tertiary/aromatic N) is 1. The Morgan fingerprint density at radius 3 is 2.94 bits per heavy atom. The van der Waals surface area contributed by atoms with Gasteiger partial charge in [-0.05, 0) is 50.6 Å². The number of carboxylic acid groups (broad SMARTS) is 1. The zero-order valence-electron chi connectivity index (χ0n) is 11.1. The molecule has 18 heavy (non-hydrogen) atoms. The van der Waals surface area contributed by atoms with E-state index < -0.39 is 11.5 Å². The number of hydrogen-bond acceptors (Lipinski definition) is 3. The third-order valence-corrected chi connectivity index (χ3v) is 5.02. The number of piperidine rings is 1. The Balaban J connectivity index is 2.30. The van der Waals surface area contributed by atoms with Gasteiger partial charge in [-0.2, -0.15) is 0 Å². The minimum absolute atomic E-state index is 0.242. The van der Waals surface area contributed by atoms with Crippen LogP contribution in [0, 0.1) is 0 Å². The summed E-state index contributed by atoms with van der Waals surface area (Å²) >= 11 is 1.73. The largest absolute Gasteiger partial charge is 0.480 e. The van der Waals surface area contributed by atoms with E-state index in [9.17, 15) is 9.90 Å². The molecular formula is C14H21NO2S. The van der Waals surface area contributed by atoms with E-state index in [0.29, 0.717) is 0 Å². The van der Waals surface area contributed by atoms with E-state index in [1.807, 2.05) is 13.0 Å². The maximum absolute atomic E-state index is 11.6. The lowest BCUT2D eigenvalue weighted by atomic mass is 9.86. The summed E-state index contributed by atoms with van der Waals surface area (Å²) in [5.74, 6) is -0.683. The van der Waals surface area contributed by atoms with Crippen molar-refractivity contribution in [2.75, 3.05) is 6.54 Å². The highest BCUT2D eigenvalue weighted by molar-refractivity contribution is 7.10. The summed E-state index contributed by atoms with van der Waals surface area (Å²) in [7, 11) is 0. The molecule has 0 spiro atoms. The van der Waals surface area contributed by atoms with Gasteiger partial charge in [-0.3, -0.25) is 9.69 Å². The van der Waals surface area contributed by atoms with Gasteiger partial charge in [-0.1, -0.05) is 13.0 Å². The van der Waals surface area contributed by atoms with Crippen LogP contribution >= 0.6 is 11.3 Å². The predicted molar refractivity (Wildman–Crippen MR) is 73.9 cm³/mol. The van der Waals surface area contributed by atoms with E-state index >= 15 is 0 Å². The maximum atomic E-state index is 11.6. The molecule has 1 aromatic rings. The highest BCUT2D eigenvalue weighted by Crippen LogP contribution is 2.38. The van der Waals surface area contributed by atoms with Gasteiger partial charge < -0.3 is 5.11 Å².